The molecule has 1 aliphatic rings. The van der Waals surface area contributed by atoms with Crippen molar-refractivity contribution in [3.63, 3.8) is 0 Å². The lowest BCUT2D eigenvalue weighted by molar-refractivity contribution is 0.0922. The zero-order chi connectivity index (χ0) is 24.1. The third-order valence-electron chi connectivity index (χ3n) is 6.26. The van der Waals surface area contributed by atoms with Crippen LogP contribution in [0, 0.1) is 0 Å². The van der Waals surface area contributed by atoms with Gasteiger partial charge in [0.15, 0.2) is 11.5 Å². The first-order chi connectivity index (χ1) is 16.5. The van der Waals surface area contributed by atoms with Crippen LogP contribution in [0.4, 0.5) is 10.1 Å². The maximum Gasteiger partial charge on any atom is 0.287 e. The van der Waals surface area contributed by atoms with Crippen LogP contribution in [0.15, 0.2) is 46.9 Å². The van der Waals surface area contributed by atoms with Gasteiger partial charge in [-0.15, -0.1) is 0 Å². The van der Waals surface area contributed by atoms with Crippen molar-refractivity contribution >= 4 is 34.2 Å². The maximum atomic E-state index is 14.6. The van der Waals surface area contributed by atoms with E-state index in [1.54, 1.807) is 13.2 Å². The largest absolute Gasteiger partial charge is 0.493 e. The summed E-state index contributed by atoms with van der Waals surface area (Å²) in [6.07, 6.45) is 0.135. The number of rotatable bonds is 9. The summed E-state index contributed by atoms with van der Waals surface area (Å²) in [5.41, 5.74) is 2.82. The number of furan rings is 1. The highest BCUT2D eigenvalue weighted by atomic mass is 35.5. The zero-order valence-electron chi connectivity index (χ0n) is 19.7. The smallest absolute Gasteiger partial charge is 0.287 e. The molecule has 6 nitrogen and oxygen atoms in total. The summed E-state index contributed by atoms with van der Waals surface area (Å²) < 4.78 is 25.7. The molecule has 1 amide bonds. The van der Waals surface area contributed by atoms with Crippen LogP contribution < -0.4 is 15.0 Å². The first kappa shape index (κ1) is 24.4. The van der Waals surface area contributed by atoms with Gasteiger partial charge in [-0.25, -0.2) is 4.39 Å². The Morgan fingerprint density at radius 3 is 2.68 bits per heavy atom. The van der Waals surface area contributed by atoms with Gasteiger partial charge >= 0.3 is 0 Å². The van der Waals surface area contributed by atoms with Gasteiger partial charge in [0.25, 0.3) is 5.91 Å². The van der Waals surface area contributed by atoms with Crippen LogP contribution in [0.3, 0.4) is 0 Å². The molecule has 1 aliphatic heterocycles. The number of methoxy groups -OCH3 is 1. The molecule has 3 aromatic rings. The van der Waals surface area contributed by atoms with Gasteiger partial charge in [0.1, 0.15) is 11.8 Å². The lowest BCUT2D eigenvalue weighted by Crippen LogP contribution is -2.48. The second-order valence-corrected chi connectivity index (χ2v) is 8.97. The number of piperazine rings is 1. The number of benzene rings is 2. The molecule has 1 aromatic heterocycles. The Balaban J connectivity index is 1.23. The van der Waals surface area contributed by atoms with Crippen molar-refractivity contribution in [1.29, 1.82) is 0 Å². The molecule has 0 spiro atoms. The number of hydrogen-bond donors (Lipinski definition) is 1. The fourth-order valence-corrected chi connectivity index (χ4v) is 4.65. The number of ether oxygens (including phenoxy) is 1. The second-order valence-electron chi connectivity index (χ2n) is 8.56. The Bertz CT molecular complexity index is 1090. The summed E-state index contributed by atoms with van der Waals surface area (Å²) in [6.45, 7) is 5.76. The van der Waals surface area contributed by atoms with E-state index in [-0.39, 0.29) is 24.6 Å². The monoisotopic (exact) mass is 487 g/mol. The molecule has 2 aromatic carbocycles. The molecule has 4 rings (SSSR count). The first-order valence-electron chi connectivity index (χ1n) is 11.7. The highest BCUT2D eigenvalue weighted by Crippen LogP contribution is 2.37. The first-order valence-corrected chi connectivity index (χ1v) is 12.1. The number of aryl methyl sites for hydroxylation is 1. The number of halogens is 2. The molecule has 1 atom stereocenters. The number of fused-ring (bicyclic) bond motifs is 1. The molecule has 1 N–H and O–H groups in total. The van der Waals surface area contributed by atoms with Crippen molar-refractivity contribution < 1.29 is 18.3 Å². The number of para-hydroxylation sites is 1. The molecular formula is C26H31ClFN3O3. The van der Waals surface area contributed by atoms with E-state index < -0.39 is 6.17 Å². The van der Waals surface area contributed by atoms with E-state index in [1.807, 2.05) is 30.3 Å². The van der Waals surface area contributed by atoms with Crippen LogP contribution >= 0.6 is 11.6 Å². The molecule has 1 saturated heterocycles. The summed E-state index contributed by atoms with van der Waals surface area (Å²) >= 11 is 6.41. The summed E-state index contributed by atoms with van der Waals surface area (Å²) in [5.74, 6) is 0.616. The number of nitrogens with zero attached hydrogens (tertiary/aromatic N) is 2. The summed E-state index contributed by atoms with van der Waals surface area (Å²) in [5, 5.41) is 4.25. The van der Waals surface area contributed by atoms with E-state index in [1.165, 1.54) is 0 Å². The molecule has 34 heavy (non-hydrogen) atoms. The topological polar surface area (TPSA) is 58.0 Å². The highest BCUT2D eigenvalue weighted by Gasteiger charge is 2.23. The summed E-state index contributed by atoms with van der Waals surface area (Å²) in [7, 11) is 1.63. The van der Waals surface area contributed by atoms with Crippen LogP contribution in [0.25, 0.3) is 11.0 Å². The number of alkyl halides is 1. The molecule has 0 saturated carbocycles. The number of anilines is 1. The number of carbonyl (C=O) groups excluding carboxylic acids is 1. The van der Waals surface area contributed by atoms with Gasteiger partial charge < -0.3 is 19.4 Å². The third kappa shape index (κ3) is 5.65. The van der Waals surface area contributed by atoms with Crippen LogP contribution in [-0.2, 0) is 6.42 Å². The quantitative estimate of drug-likeness (QED) is 0.463. The van der Waals surface area contributed by atoms with Crippen molar-refractivity contribution in [2.45, 2.75) is 25.9 Å². The summed E-state index contributed by atoms with van der Waals surface area (Å²) in [6, 6.07) is 13.2. The van der Waals surface area contributed by atoms with Gasteiger partial charge in [0.05, 0.1) is 17.8 Å². The van der Waals surface area contributed by atoms with Gasteiger partial charge in [-0.1, -0.05) is 36.7 Å². The fraction of sp³-hybridized carbons (Fsp3) is 0.423. The lowest BCUT2D eigenvalue weighted by atomic mass is 10.1. The van der Waals surface area contributed by atoms with Crippen molar-refractivity contribution in [3.8, 4) is 5.75 Å². The van der Waals surface area contributed by atoms with Crippen molar-refractivity contribution in [2.75, 3.05) is 51.3 Å². The van der Waals surface area contributed by atoms with Crippen LogP contribution in [-0.4, -0.2) is 63.4 Å². The number of carbonyl (C=O) groups is 1. The third-order valence-corrected chi connectivity index (χ3v) is 6.54. The van der Waals surface area contributed by atoms with Gasteiger partial charge in [0.2, 0.25) is 0 Å². The average Bonchev–Trinajstić information content (AvgIpc) is 3.28. The molecule has 0 radical (unpaired) electrons. The minimum absolute atomic E-state index is 0.246. The van der Waals surface area contributed by atoms with Crippen molar-refractivity contribution in [1.82, 2.24) is 10.2 Å². The molecule has 2 heterocycles. The molecule has 8 heteroatoms. The molecule has 0 unspecified atom stereocenters. The van der Waals surface area contributed by atoms with Gasteiger partial charge in [-0.2, -0.15) is 0 Å². The van der Waals surface area contributed by atoms with E-state index in [4.69, 9.17) is 20.8 Å². The summed E-state index contributed by atoms with van der Waals surface area (Å²) in [4.78, 5) is 16.7. The fourth-order valence-electron chi connectivity index (χ4n) is 4.34. The van der Waals surface area contributed by atoms with Gasteiger partial charge in [-0.3, -0.25) is 9.69 Å². The van der Waals surface area contributed by atoms with Crippen LogP contribution in [0.2, 0.25) is 5.02 Å². The zero-order valence-corrected chi connectivity index (χ0v) is 20.4. The molecule has 0 bridgehead atoms. The Kier molecular flexibility index (Phi) is 7.95. The minimum Gasteiger partial charge on any atom is -0.493 e. The predicted octanol–water partition coefficient (Wildman–Crippen LogP) is 4.94. The minimum atomic E-state index is -1.02. The Labute approximate surface area is 204 Å². The van der Waals surface area contributed by atoms with Gasteiger partial charge in [0, 0.05) is 44.7 Å². The van der Waals surface area contributed by atoms with E-state index in [9.17, 15) is 9.18 Å². The van der Waals surface area contributed by atoms with E-state index in [0.717, 1.165) is 49.2 Å². The molecule has 182 valence electrons. The maximum absolute atomic E-state index is 14.6. The Hall–Kier alpha value is -2.77. The van der Waals surface area contributed by atoms with Crippen LogP contribution in [0.1, 0.15) is 29.5 Å². The number of hydrogen-bond acceptors (Lipinski definition) is 5. The van der Waals surface area contributed by atoms with E-state index >= 15 is 0 Å². The second kappa shape index (κ2) is 11.1. The number of nitrogens with one attached hydrogen (secondary N) is 1. The molecule has 0 aliphatic carbocycles. The highest BCUT2D eigenvalue weighted by molar-refractivity contribution is 6.32. The molecule has 1 fully saturated rings. The van der Waals surface area contributed by atoms with Crippen molar-refractivity contribution in [2.24, 2.45) is 0 Å². The predicted molar refractivity (Wildman–Crippen MR) is 134 cm³/mol. The lowest BCUT2D eigenvalue weighted by Gasteiger charge is -2.37. The number of amides is 1. The van der Waals surface area contributed by atoms with E-state index in [2.05, 4.69) is 28.1 Å². The van der Waals surface area contributed by atoms with Crippen LogP contribution in [0.5, 0.6) is 5.75 Å². The Morgan fingerprint density at radius 2 is 1.97 bits per heavy atom. The normalized spacial score (nSPS) is 15.5. The SMILES string of the molecule is CCc1cc(Cl)c(OC)c(N2CCN(C[C@@H](F)CCNC(=O)c3cc4ccccc4o3)CC2)c1. The van der Waals surface area contributed by atoms with E-state index in [0.29, 0.717) is 22.9 Å². The Morgan fingerprint density at radius 1 is 1.21 bits per heavy atom. The average molecular weight is 488 g/mol. The van der Waals surface area contributed by atoms with Gasteiger partial charge in [-0.05, 0) is 42.7 Å². The standard InChI is InChI=1S/C26H31ClFN3O3/c1-3-18-14-21(27)25(33-2)22(15-18)31-12-10-30(11-13-31)17-20(28)8-9-29-26(32)24-16-19-6-4-5-7-23(19)34-24/h4-7,14-16,20H,3,8-13,17H2,1-2H3,(H,29,32)/t20-/m0/s1. The van der Waals surface area contributed by atoms with Crippen molar-refractivity contribution in [3.05, 3.63) is 58.8 Å². The molecular weight excluding hydrogens is 457 g/mol.